The highest BCUT2D eigenvalue weighted by atomic mass is 35.5. The molecule has 4 aliphatic heterocycles. The minimum absolute atomic E-state index is 0.0303. The molecule has 0 bridgehead atoms. The second-order valence-electron chi connectivity index (χ2n) is 15.9. The first-order chi connectivity index (χ1) is 27.2. The third kappa shape index (κ3) is 8.37. The summed E-state index contributed by atoms with van der Waals surface area (Å²) in [5.74, 6) is 1.52. The van der Waals surface area contributed by atoms with Gasteiger partial charge in [0.05, 0.1) is 16.7 Å². The topological polar surface area (TPSA) is 161 Å². The van der Waals surface area contributed by atoms with Gasteiger partial charge in [0.1, 0.15) is 17.9 Å². The van der Waals surface area contributed by atoms with Crippen LogP contribution in [0.4, 0.5) is 5.82 Å². The Kier molecular flexibility index (Phi) is 11.2. The highest BCUT2D eigenvalue weighted by Crippen LogP contribution is 2.35. The number of halogens is 1. The summed E-state index contributed by atoms with van der Waals surface area (Å²) in [5, 5.41) is 23.7. The molecule has 1 aromatic heterocycles. The number of piperidine rings is 3. The Morgan fingerprint density at radius 1 is 0.911 bits per heavy atom. The Balaban J connectivity index is 0.743. The first-order valence-electron chi connectivity index (χ1n) is 20.0. The lowest BCUT2D eigenvalue weighted by molar-refractivity contribution is -0.136. The molecule has 292 valence electrons. The Hall–Kier alpha value is -5.06. The predicted octanol–water partition coefficient (Wildman–Crippen LogP) is 4.98. The summed E-state index contributed by atoms with van der Waals surface area (Å²) >= 11 is 6.15. The van der Waals surface area contributed by atoms with Gasteiger partial charge in [-0.1, -0.05) is 23.7 Å². The van der Waals surface area contributed by atoms with Crippen molar-refractivity contribution >= 4 is 41.0 Å². The molecule has 13 nitrogen and oxygen atoms in total. The van der Waals surface area contributed by atoms with Crippen LogP contribution in [0.3, 0.4) is 0 Å². The average molecular weight is 779 g/mol. The Bertz CT molecular complexity index is 2010. The lowest BCUT2D eigenvalue weighted by Gasteiger charge is -2.38. The molecule has 0 spiro atoms. The normalized spacial score (nSPS) is 23.7. The summed E-state index contributed by atoms with van der Waals surface area (Å²) in [5.41, 5.74) is 3.65. The molecule has 56 heavy (non-hydrogen) atoms. The van der Waals surface area contributed by atoms with Gasteiger partial charge in [-0.2, -0.15) is 5.26 Å². The number of hydrogen-bond donors (Lipinski definition) is 2. The van der Waals surface area contributed by atoms with Crippen molar-refractivity contribution in [1.82, 2.24) is 30.6 Å². The second-order valence-corrected chi connectivity index (χ2v) is 16.3. The van der Waals surface area contributed by atoms with Crippen LogP contribution in [0.15, 0.2) is 48.5 Å². The Morgan fingerprint density at radius 2 is 1.70 bits per heavy atom. The van der Waals surface area contributed by atoms with Crippen molar-refractivity contribution in [3.63, 3.8) is 0 Å². The van der Waals surface area contributed by atoms with Gasteiger partial charge in [-0.25, -0.2) is 0 Å². The molecule has 5 heterocycles. The summed E-state index contributed by atoms with van der Waals surface area (Å²) in [7, 11) is 0. The zero-order chi connectivity index (χ0) is 38.8. The summed E-state index contributed by atoms with van der Waals surface area (Å²) in [4.78, 5) is 56.7. The fourth-order valence-electron chi connectivity index (χ4n) is 9.06. The lowest BCUT2D eigenvalue weighted by Crippen LogP contribution is -2.52. The van der Waals surface area contributed by atoms with Crippen LogP contribution in [-0.2, 0) is 16.1 Å². The molecule has 5 aliphatic rings. The van der Waals surface area contributed by atoms with Crippen molar-refractivity contribution in [1.29, 1.82) is 5.26 Å². The molecule has 2 N–H and O–H groups in total. The minimum Gasteiger partial charge on any atom is -0.490 e. The van der Waals surface area contributed by atoms with Gasteiger partial charge in [-0.05, 0) is 124 Å². The van der Waals surface area contributed by atoms with Crippen molar-refractivity contribution in [2.45, 2.75) is 94.9 Å². The summed E-state index contributed by atoms with van der Waals surface area (Å²) in [6.45, 7) is 5.40. The molecular weight excluding hydrogens is 732 g/mol. The summed E-state index contributed by atoms with van der Waals surface area (Å²) < 4.78 is 6.08. The molecule has 2 aromatic carbocycles. The van der Waals surface area contributed by atoms with Crippen molar-refractivity contribution in [2.75, 3.05) is 37.6 Å². The SMILES string of the molecule is N#Cc1ccc(OC2CCC(NC(=O)c3ccc(N4CCC(CN5CCC(c6ccc7c(c6)CN(C6CCC(=O)NC6=O)C7=O)CC5)CC4)nn3)CC2)cc1Cl. The van der Waals surface area contributed by atoms with E-state index in [0.717, 1.165) is 95.5 Å². The number of aromatic nitrogens is 2. The first kappa shape index (κ1) is 37.8. The molecule has 4 fully saturated rings. The molecule has 1 unspecified atom stereocenters. The van der Waals surface area contributed by atoms with Crippen LogP contribution < -0.4 is 20.3 Å². The van der Waals surface area contributed by atoms with E-state index in [1.807, 2.05) is 12.1 Å². The van der Waals surface area contributed by atoms with Crippen LogP contribution in [0, 0.1) is 17.2 Å². The van der Waals surface area contributed by atoms with E-state index in [2.05, 4.69) is 48.8 Å². The molecule has 3 aromatic rings. The predicted molar refractivity (Wildman–Crippen MR) is 208 cm³/mol. The van der Waals surface area contributed by atoms with E-state index in [0.29, 0.717) is 52.4 Å². The molecule has 4 amide bonds. The fourth-order valence-corrected chi connectivity index (χ4v) is 9.27. The second kappa shape index (κ2) is 16.6. The van der Waals surface area contributed by atoms with Crippen molar-refractivity contribution < 1.29 is 23.9 Å². The maximum Gasteiger partial charge on any atom is 0.272 e. The number of carbonyl (C=O) groups excluding carboxylic acids is 4. The van der Waals surface area contributed by atoms with Gasteiger partial charge in [-0.15, -0.1) is 10.2 Å². The number of nitriles is 1. The van der Waals surface area contributed by atoms with Gasteiger partial charge in [0.25, 0.3) is 11.8 Å². The number of amides is 4. The van der Waals surface area contributed by atoms with Gasteiger partial charge in [0, 0.05) is 50.3 Å². The van der Waals surface area contributed by atoms with E-state index < -0.39 is 6.04 Å². The molecule has 14 heteroatoms. The van der Waals surface area contributed by atoms with Crippen molar-refractivity contribution in [3.8, 4) is 11.8 Å². The summed E-state index contributed by atoms with van der Waals surface area (Å²) in [6, 6.07) is 16.5. The van der Waals surface area contributed by atoms with E-state index in [9.17, 15) is 19.2 Å². The number of nitrogens with one attached hydrogen (secondary N) is 2. The largest absolute Gasteiger partial charge is 0.490 e. The van der Waals surface area contributed by atoms with Crippen LogP contribution in [0.25, 0.3) is 0 Å². The van der Waals surface area contributed by atoms with E-state index in [4.69, 9.17) is 21.6 Å². The van der Waals surface area contributed by atoms with E-state index in [-0.39, 0.29) is 42.2 Å². The average Bonchev–Trinajstić information content (AvgIpc) is 3.54. The maximum atomic E-state index is 13.1. The van der Waals surface area contributed by atoms with E-state index >= 15 is 0 Å². The van der Waals surface area contributed by atoms with Crippen molar-refractivity contribution in [3.05, 3.63) is 81.5 Å². The van der Waals surface area contributed by atoms with Crippen LogP contribution in [0.1, 0.15) is 108 Å². The molecule has 1 saturated carbocycles. The Morgan fingerprint density at radius 3 is 2.39 bits per heavy atom. The minimum atomic E-state index is -0.591. The number of fused-ring (bicyclic) bond motifs is 1. The van der Waals surface area contributed by atoms with Crippen LogP contribution >= 0.6 is 11.6 Å². The highest BCUT2D eigenvalue weighted by molar-refractivity contribution is 6.31. The van der Waals surface area contributed by atoms with Crippen LogP contribution in [-0.4, -0.2) is 94.5 Å². The van der Waals surface area contributed by atoms with Crippen LogP contribution in [0.2, 0.25) is 5.02 Å². The first-order valence-corrected chi connectivity index (χ1v) is 20.3. The smallest absolute Gasteiger partial charge is 0.272 e. The van der Waals surface area contributed by atoms with E-state index in [1.54, 1.807) is 29.2 Å². The number of carbonyl (C=O) groups is 4. The number of anilines is 1. The molecular formula is C42H47ClN8O5. The molecule has 1 aliphatic carbocycles. The molecule has 0 radical (unpaired) electrons. The number of ether oxygens (including phenoxy) is 1. The maximum absolute atomic E-state index is 13.1. The number of rotatable bonds is 9. The highest BCUT2D eigenvalue weighted by Gasteiger charge is 2.39. The third-order valence-corrected chi connectivity index (χ3v) is 12.6. The summed E-state index contributed by atoms with van der Waals surface area (Å²) in [6.07, 6.45) is 8.16. The quantitative estimate of drug-likeness (QED) is 0.284. The molecule has 8 rings (SSSR count). The zero-order valence-electron chi connectivity index (χ0n) is 31.4. The van der Waals surface area contributed by atoms with Gasteiger partial charge < -0.3 is 24.8 Å². The van der Waals surface area contributed by atoms with Gasteiger partial charge in [-0.3, -0.25) is 24.5 Å². The number of benzene rings is 2. The van der Waals surface area contributed by atoms with Gasteiger partial charge in [0.2, 0.25) is 11.8 Å². The van der Waals surface area contributed by atoms with E-state index in [1.165, 1.54) is 5.56 Å². The lowest BCUT2D eigenvalue weighted by atomic mass is 9.87. The van der Waals surface area contributed by atoms with Crippen molar-refractivity contribution in [2.24, 2.45) is 5.92 Å². The number of hydrogen-bond acceptors (Lipinski definition) is 10. The Labute approximate surface area is 331 Å². The standard InChI is InChI=1S/C42H47ClN8O5/c43-35-22-33(5-1-29(35)23-44)56-32-6-3-31(4-7-32)45-40(53)36-9-11-38(48-47-36)50-19-13-26(14-20-50)24-49-17-15-27(16-18-49)28-2-8-34-30(21-28)25-51(42(34)55)37-10-12-39(52)46-41(37)54/h1-2,5,8-9,11,21-22,26-27,31-32,37H,3-4,6-7,10,12-20,24-25H2,(H,45,53)(H,46,52,54). The molecule has 1 atom stereocenters. The zero-order valence-corrected chi connectivity index (χ0v) is 32.2. The fraction of sp³-hybridized carbons (Fsp3) is 0.500. The number of nitrogens with zero attached hydrogens (tertiary/aromatic N) is 6. The monoisotopic (exact) mass is 778 g/mol. The number of likely N-dealkylation sites (tertiary alicyclic amines) is 1. The number of imide groups is 1. The van der Waals surface area contributed by atoms with Gasteiger partial charge in [0.15, 0.2) is 11.5 Å². The third-order valence-electron chi connectivity index (χ3n) is 12.3. The van der Waals surface area contributed by atoms with Crippen LogP contribution in [0.5, 0.6) is 5.75 Å². The van der Waals surface area contributed by atoms with Gasteiger partial charge >= 0.3 is 0 Å². The molecule has 3 saturated heterocycles.